The summed E-state index contributed by atoms with van der Waals surface area (Å²) in [5.74, 6) is 0.331. The normalized spacial score (nSPS) is 12.1. The molecule has 0 bridgehead atoms. The fraction of sp³-hybridized carbons (Fsp3) is 0.619. The van der Waals surface area contributed by atoms with Gasteiger partial charge in [-0.25, -0.2) is 0 Å². The van der Waals surface area contributed by atoms with Crippen LogP contribution in [0.1, 0.15) is 77.2 Å². The van der Waals surface area contributed by atoms with Crippen LogP contribution < -0.4 is 0 Å². The van der Waals surface area contributed by atoms with Crippen molar-refractivity contribution in [3.63, 3.8) is 0 Å². The molecule has 0 radical (unpaired) electrons. The minimum Gasteiger partial charge on any atom is -0.300 e. The van der Waals surface area contributed by atoms with E-state index >= 15 is 0 Å². The van der Waals surface area contributed by atoms with Gasteiger partial charge in [0.05, 0.1) is 0 Å². The van der Waals surface area contributed by atoms with Crippen molar-refractivity contribution in [3.05, 3.63) is 35.9 Å². The van der Waals surface area contributed by atoms with Crippen molar-refractivity contribution in [2.24, 2.45) is 5.92 Å². The van der Waals surface area contributed by atoms with Crippen LogP contribution >= 0.6 is 0 Å². The van der Waals surface area contributed by atoms with Crippen molar-refractivity contribution in [3.8, 4) is 0 Å². The molecule has 0 aliphatic heterocycles. The Kier molecular flexibility index (Phi) is 10.3. The largest absolute Gasteiger partial charge is 0.300 e. The summed E-state index contributed by atoms with van der Waals surface area (Å²) < 4.78 is 0. The van der Waals surface area contributed by atoms with Gasteiger partial charge in [0.2, 0.25) is 0 Å². The third-order valence-electron chi connectivity index (χ3n) is 4.40. The average molecular weight is 316 g/mol. The average Bonchev–Trinajstić information content (AvgIpc) is 2.56. The van der Waals surface area contributed by atoms with E-state index in [0.717, 1.165) is 19.3 Å². The highest BCUT2D eigenvalue weighted by Crippen LogP contribution is 2.14. The first-order chi connectivity index (χ1) is 11.1. The van der Waals surface area contributed by atoms with Gasteiger partial charge in [-0.2, -0.15) is 0 Å². The summed E-state index contributed by atoms with van der Waals surface area (Å²) in [5.41, 5.74) is 1.19. The lowest BCUT2D eigenvalue weighted by atomic mass is 9.93. The molecule has 2 heteroatoms. The quantitative estimate of drug-likeness (QED) is 0.448. The number of hydrogen-bond acceptors (Lipinski definition) is 2. The number of ketones is 2. The number of carbonyl (C=O) groups is 2. The van der Waals surface area contributed by atoms with Gasteiger partial charge < -0.3 is 0 Å². The highest BCUT2D eigenvalue weighted by Gasteiger charge is 2.16. The molecule has 0 saturated carbocycles. The van der Waals surface area contributed by atoms with Gasteiger partial charge in [-0.1, -0.05) is 76.3 Å². The zero-order valence-electron chi connectivity index (χ0n) is 14.9. The smallest absolute Gasteiger partial charge is 0.136 e. The summed E-state index contributed by atoms with van der Waals surface area (Å²) in [5, 5.41) is 0. The lowest BCUT2D eigenvalue weighted by Crippen LogP contribution is -2.16. The standard InChI is InChI=1S/C21H32O2/c1-3-4-5-6-7-11-14-20(22)17-18(2)21(23)16-15-19-12-9-8-10-13-19/h8-10,12-13,18H,3-7,11,14-17H2,1-2H3. The number of aryl methyl sites for hydroxylation is 1. The van der Waals surface area contributed by atoms with Crippen LogP contribution in [0.2, 0.25) is 0 Å². The van der Waals surface area contributed by atoms with Gasteiger partial charge in [-0.15, -0.1) is 0 Å². The highest BCUT2D eigenvalue weighted by molar-refractivity contribution is 5.87. The Labute approximate surface area is 141 Å². The summed E-state index contributed by atoms with van der Waals surface area (Å²) in [6.45, 7) is 4.10. The van der Waals surface area contributed by atoms with Crippen molar-refractivity contribution >= 4 is 11.6 Å². The van der Waals surface area contributed by atoms with Gasteiger partial charge in [0.15, 0.2) is 0 Å². The molecular weight excluding hydrogens is 284 g/mol. The zero-order valence-corrected chi connectivity index (χ0v) is 14.9. The van der Waals surface area contributed by atoms with Crippen molar-refractivity contribution in [2.75, 3.05) is 0 Å². The molecule has 1 aromatic carbocycles. The second-order valence-electron chi connectivity index (χ2n) is 6.61. The van der Waals surface area contributed by atoms with E-state index < -0.39 is 0 Å². The maximum atomic E-state index is 12.1. The molecule has 0 aromatic heterocycles. The molecule has 23 heavy (non-hydrogen) atoms. The number of carbonyl (C=O) groups excluding carboxylic acids is 2. The minimum atomic E-state index is -0.133. The Bertz CT molecular complexity index is 450. The predicted molar refractivity (Wildman–Crippen MR) is 96.6 cm³/mol. The van der Waals surface area contributed by atoms with Crippen LogP contribution in [0.3, 0.4) is 0 Å². The first kappa shape index (κ1) is 19.6. The van der Waals surface area contributed by atoms with E-state index in [1.807, 2.05) is 37.3 Å². The van der Waals surface area contributed by atoms with Gasteiger partial charge in [-0.05, 0) is 18.4 Å². The molecule has 0 aliphatic rings. The third kappa shape index (κ3) is 9.32. The fourth-order valence-electron chi connectivity index (χ4n) is 2.82. The van der Waals surface area contributed by atoms with Crippen LogP contribution in [0.5, 0.6) is 0 Å². The Morgan fingerprint density at radius 3 is 2.26 bits per heavy atom. The van der Waals surface area contributed by atoms with E-state index in [2.05, 4.69) is 6.92 Å². The third-order valence-corrected chi connectivity index (χ3v) is 4.40. The fourth-order valence-corrected chi connectivity index (χ4v) is 2.82. The second kappa shape index (κ2) is 12.0. The Balaban J connectivity index is 2.14. The summed E-state index contributed by atoms with van der Waals surface area (Å²) in [4.78, 5) is 24.1. The highest BCUT2D eigenvalue weighted by atomic mass is 16.1. The monoisotopic (exact) mass is 316 g/mol. The lowest BCUT2D eigenvalue weighted by molar-refractivity contribution is -0.127. The molecule has 0 spiro atoms. The minimum absolute atomic E-state index is 0.133. The van der Waals surface area contributed by atoms with E-state index in [1.54, 1.807) is 0 Å². The number of unbranched alkanes of at least 4 members (excludes halogenated alkanes) is 5. The Morgan fingerprint density at radius 2 is 1.57 bits per heavy atom. The molecule has 2 nitrogen and oxygen atoms in total. The molecule has 0 N–H and O–H groups in total. The molecule has 0 heterocycles. The molecule has 0 saturated heterocycles. The zero-order chi connectivity index (χ0) is 16.9. The molecule has 128 valence electrons. The second-order valence-corrected chi connectivity index (χ2v) is 6.61. The van der Waals surface area contributed by atoms with E-state index in [1.165, 1.54) is 31.2 Å². The maximum Gasteiger partial charge on any atom is 0.136 e. The maximum absolute atomic E-state index is 12.1. The summed E-state index contributed by atoms with van der Waals surface area (Å²) in [7, 11) is 0. The van der Waals surface area contributed by atoms with E-state index in [0.29, 0.717) is 19.3 Å². The SMILES string of the molecule is CCCCCCCCC(=O)CC(C)C(=O)CCc1ccccc1. The Morgan fingerprint density at radius 1 is 0.913 bits per heavy atom. The molecule has 0 fully saturated rings. The molecule has 1 rings (SSSR count). The predicted octanol–water partition coefficient (Wildman–Crippen LogP) is 5.53. The van der Waals surface area contributed by atoms with E-state index in [-0.39, 0.29) is 17.5 Å². The molecule has 1 atom stereocenters. The summed E-state index contributed by atoms with van der Waals surface area (Å²) >= 11 is 0. The van der Waals surface area contributed by atoms with Crippen LogP contribution in [0.25, 0.3) is 0 Å². The lowest BCUT2D eigenvalue weighted by Gasteiger charge is -2.10. The van der Waals surface area contributed by atoms with Gasteiger partial charge >= 0.3 is 0 Å². The summed E-state index contributed by atoms with van der Waals surface area (Å²) in [6.07, 6.45) is 9.54. The molecule has 1 aromatic rings. The van der Waals surface area contributed by atoms with E-state index in [4.69, 9.17) is 0 Å². The van der Waals surface area contributed by atoms with E-state index in [9.17, 15) is 9.59 Å². The first-order valence-electron chi connectivity index (χ1n) is 9.21. The topological polar surface area (TPSA) is 34.1 Å². The van der Waals surface area contributed by atoms with Crippen LogP contribution in [-0.4, -0.2) is 11.6 Å². The van der Waals surface area contributed by atoms with Crippen LogP contribution in [0, 0.1) is 5.92 Å². The van der Waals surface area contributed by atoms with Gasteiger partial charge in [-0.3, -0.25) is 9.59 Å². The van der Waals surface area contributed by atoms with Gasteiger partial charge in [0.25, 0.3) is 0 Å². The van der Waals surface area contributed by atoms with Crippen LogP contribution in [-0.2, 0) is 16.0 Å². The number of benzene rings is 1. The number of rotatable bonds is 13. The first-order valence-corrected chi connectivity index (χ1v) is 9.21. The van der Waals surface area contributed by atoms with Crippen molar-refractivity contribution in [1.29, 1.82) is 0 Å². The van der Waals surface area contributed by atoms with Crippen molar-refractivity contribution < 1.29 is 9.59 Å². The van der Waals surface area contributed by atoms with Crippen LogP contribution in [0.15, 0.2) is 30.3 Å². The molecule has 1 unspecified atom stereocenters. The molecular formula is C21H32O2. The van der Waals surface area contributed by atoms with Crippen molar-refractivity contribution in [1.82, 2.24) is 0 Å². The number of Topliss-reactive ketones (excluding diaryl/α,β-unsaturated/α-hetero) is 2. The summed E-state index contributed by atoms with van der Waals surface area (Å²) in [6, 6.07) is 10.1. The number of hydrogen-bond donors (Lipinski definition) is 0. The Hall–Kier alpha value is -1.44. The molecule has 0 aliphatic carbocycles. The van der Waals surface area contributed by atoms with Crippen molar-refractivity contribution in [2.45, 2.75) is 78.1 Å². The molecule has 0 amide bonds. The van der Waals surface area contributed by atoms with Gasteiger partial charge in [0.1, 0.15) is 11.6 Å². The van der Waals surface area contributed by atoms with Crippen LogP contribution in [0.4, 0.5) is 0 Å². The van der Waals surface area contributed by atoms with Gasteiger partial charge in [0, 0.05) is 25.2 Å².